The zero-order valence-electron chi connectivity index (χ0n) is 18.6. The molecule has 1 saturated heterocycles. The molecule has 1 amide bonds. The minimum Gasteiger partial charge on any atom is -0.302 e. The van der Waals surface area contributed by atoms with Gasteiger partial charge in [0.1, 0.15) is 0 Å². The Kier molecular flexibility index (Phi) is 13.0. The quantitative estimate of drug-likeness (QED) is 0.450. The summed E-state index contributed by atoms with van der Waals surface area (Å²) in [6, 6.07) is 21.9. The summed E-state index contributed by atoms with van der Waals surface area (Å²) < 4.78 is 0. The minimum atomic E-state index is -0.0709. The number of hydrogen-bond acceptors (Lipinski definition) is 5. The van der Waals surface area contributed by atoms with Crippen LogP contribution in [-0.4, -0.2) is 53.4 Å². The molecule has 33 heavy (non-hydrogen) atoms. The van der Waals surface area contributed by atoms with Crippen LogP contribution in [0.25, 0.3) is 0 Å². The van der Waals surface area contributed by atoms with Crippen molar-refractivity contribution in [3.8, 4) is 0 Å². The lowest BCUT2D eigenvalue weighted by atomic mass is 9.96. The molecule has 1 aromatic heterocycles. The molecular weight excluding hydrogens is 499 g/mol. The highest BCUT2D eigenvalue weighted by Gasteiger charge is 2.26. The second-order valence-electron chi connectivity index (χ2n) is 7.68. The Morgan fingerprint density at radius 2 is 1.48 bits per heavy atom. The summed E-state index contributed by atoms with van der Waals surface area (Å²) in [7, 11) is 0. The molecule has 9 heteroatoms. The summed E-state index contributed by atoms with van der Waals surface area (Å²) in [5.41, 5.74) is 3.76. The molecule has 5 nitrogen and oxygen atoms in total. The highest BCUT2D eigenvalue weighted by atomic mass is 35.5. The number of hydrogen-bond donors (Lipinski definition) is 1. The van der Waals surface area contributed by atoms with Crippen LogP contribution in [0.1, 0.15) is 29.8 Å². The Morgan fingerprint density at radius 1 is 0.939 bits per heavy atom. The van der Waals surface area contributed by atoms with Gasteiger partial charge in [-0.1, -0.05) is 60.7 Å². The molecule has 180 valence electrons. The van der Waals surface area contributed by atoms with E-state index in [2.05, 4.69) is 80.8 Å². The third-order valence-electron chi connectivity index (χ3n) is 5.52. The Hall–Kier alpha value is -1.67. The Labute approximate surface area is 218 Å². The van der Waals surface area contributed by atoms with Gasteiger partial charge in [-0.05, 0) is 11.1 Å². The van der Waals surface area contributed by atoms with Crippen molar-refractivity contribution in [1.29, 1.82) is 0 Å². The topological polar surface area (TPSA) is 48.5 Å². The van der Waals surface area contributed by atoms with Gasteiger partial charge in [0, 0.05) is 51.4 Å². The Balaban J connectivity index is 0.00000181. The van der Waals surface area contributed by atoms with Crippen molar-refractivity contribution in [3.63, 3.8) is 0 Å². The van der Waals surface area contributed by atoms with Gasteiger partial charge >= 0.3 is 0 Å². The fraction of sp³-hybridized carbons (Fsp3) is 0.333. The van der Waals surface area contributed by atoms with E-state index in [0.717, 1.165) is 44.8 Å². The van der Waals surface area contributed by atoms with E-state index in [1.807, 2.05) is 5.38 Å². The van der Waals surface area contributed by atoms with Crippen molar-refractivity contribution in [1.82, 2.24) is 14.8 Å². The van der Waals surface area contributed by atoms with Crippen LogP contribution >= 0.6 is 48.6 Å². The van der Waals surface area contributed by atoms with Gasteiger partial charge in [-0.15, -0.1) is 48.6 Å². The normalized spacial score (nSPS) is 14.0. The van der Waals surface area contributed by atoms with Gasteiger partial charge in [0.05, 0.1) is 11.7 Å². The van der Waals surface area contributed by atoms with Crippen molar-refractivity contribution < 1.29 is 4.79 Å². The Morgan fingerprint density at radius 3 is 2.00 bits per heavy atom. The fourth-order valence-corrected chi connectivity index (χ4v) is 4.82. The van der Waals surface area contributed by atoms with Crippen LogP contribution in [0.5, 0.6) is 0 Å². The summed E-state index contributed by atoms with van der Waals surface area (Å²) in [6.45, 7) is 6.71. The first-order chi connectivity index (χ1) is 14.7. The monoisotopic (exact) mass is 528 g/mol. The average molecular weight is 530 g/mol. The molecule has 4 rings (SSSR count). The molecule has 0 atom stereocenters. The molecule has 3 aromatic rings. The zero-order valence-corrected chi connectivity index (χ0v) is 21.8. The van der Waals surface area contributed by atoms with Gasteiger partial charge in [-0.3, -0.25) is 9.69 Å². The van der Waals surface area contributed by atoms with E-state index in [1.165, 1.54) is 29.4 Å². The number of rotatable bonds is 7. The van der Waals surface area contributed by atoms with Crippen molar-refractivity contribution in [2.45, 2.75) is 19.4 Å². The number of halogens is 3. The predicted octanol–water partition coefficient (Wildman–Crippen LogP) is 5.32. The van der Waals surface area contributed by atoms with E-state index < -0.39 is 0 Å². The third-order valence-corrected chi connectivity index (χ3v) is 6.33. The number of thiazole rings is 1. The Bertz CT molecular complexity index is 911. The molecule has 2 aromatic carbocycles. The van der Waals surface area contributed by atoms with Gasteiger partial charge in [0.25, 0.3) is 0 Å². The number of amides is 1. The highest BCUT2D eigenvalue weighted by Crippen LogP contribution is 2.29. The van der Waals surface area contributed by atoms with Crippen LogP contribution in [0.4, 0.5) is 5.13 Å². The second kappa shape index (κ2) is 14.6. The van der Waals surface area contributed by atoms with Crippen LogP contribution in [-0.2, 0) is 11.2 Å². The van der Waals surface area contributed by atoms with Crippen molar-refractivity contribution in [2.75, 3.05) is 38.0 Å². The molecule has 1 aliphatic heterocycles. The van der Waals surface area contributed by atoms with Crippen LogP contribution in [0.15, 0.2) is 66.0 Å². The number of nitrogens with zero attached hydrogens (tertiary/aromatic N) is 3. The predicted molar refractivity (Wildman–Crippen MR) is 145 cm³/mol. The van der Waals surface area contributed by atoms with Crippen molar-refractivity contribution in [2.24, 2.45) is 0 Å². The van der Waals surface area contributed by atoms with Gasteiger partial charge < -0.3 is 10.2 Å². The van der Waals surface area contributed by atoms with Crippen LogP contribution in [0.2, 0.25) is 0 Å². The molecule has 1 fully saturated rings. The van der Waals surface area contributed by atoms with Crippen LogP contribution in [0.3, 0.4) is 0 Å². The minimum absolute atomic E-state index is 0. The first kappa shape index (κ1) is 29.4. The molecule has 1 N–H and O–H groups in total. The zero-order chi connectivity index (χ0) is 20.8. The number of piperazine rings is 1. The molecule has 0 saturated carbocycles. The number of benzene rings is 2. The van der Waals surface area contributed by atoms with E-state index in [-0.39, 0.29) is 43.1 Å². The lowest BCUT2D eigenvalue weighted by molar-refractivity contribution is -0.114. The molecule has 0 unspecified atom stereocenters. The first-order valence-corrected chi connectivity index (χ1v) is 11.4. The molecular formula is C24H31Cl3N4OS. The standard InChI is InChI=1S/C24H28N4OS.3ClH/c1-19(29)25-24-26-22(18-30-24)12-13-27-14-16-28(17-15-27)23(20-8-4-2-5-9-20)21-10-6-3-7-11-21;;;/h2-11,18,23H,12-17H2,1H3,(H,25,26,29);3*1H. The summed E-state index contributed by atoms with van der Waals surface area (Å²) >= 11 is 1.49. The largest absolute Gasteiger partial charge is 0.302 e. The van der Waals surface area contributed by atoms with Gasteiger partial charge in [0.15, 0.2) is 5.13 Å². The van der Waals surface area contributed by atoms with Crippen molar-refractivity contribution >= 4 is 59.6 Å². The maximum atomic E-state index is 11.2. The van der Waals surface area contributed by atoms with Gasteiger partial charge in [-0.2, -0.15) is 0 Å². The van der Waals surface area contributed by atoms with E-state index in [1.54, 1.807) is 0 Å². The van der Waals surface area contributed by atoms with E-state index in [9.17, 15) is 4.79 Å². The van der Waals surface area contributed by atoms with Gasteiger partial charge in [-0.25, -0.2) is 4.98 Å². The maximum Gasteiger partial charge on any atom is 0.223 e. The van der Waals surface area contributed by atoms with Crippen molar-refractivity contribution in [3.05, 3.63) is 82.9 Å². The number of carbonyl (C=O) groups is 1. The van der Waals surface area contributed by atoms with E-state index in [4.69, 9.17) is 0 Å². The maximum absolute atomic E-state index is 11.2. The van der Waals surface area contributed by atoms with Crippen LogP contribution in [0, 0.1) is 0 Å². The van der Waals surface area contributed by atoms with E-state index in [0.29, 0.717) is 11.2 Å². The fourth-order valence-electron chi connectivity index (χ4n) is 4.03. The number of carbonyl (C=O) groups excluding carboxylic acids is 1. The van der Waals surface area contributed by atoms with E-state index >= 15 is 0 Å². The third kappa shape index (κ3) is 8.25. The molecule has 0 aliphatic carbocycles. The number of anilines is 1. The summed E-state index contributed by atoms with van der Waals surface area (Å²) in [4.78, 5) is 20.8. The molecule has 0 spiro atoms. The summed E-state index contributed by atoms with van der Waals surface area (Å²) in [5.74, 6) is -0.0709. The molecule has 0 bridgehead atoms. The summed E-state index contributed by atoms with van der Waals surface area (Å²) in [5, 5.41) is 5.50. The molecule has 0 radical (unpaired) electrons. The lowest BCUT2D eigenvalue weighted by Gasteiger charge is -2.39. The smallest absolute Gasteiger partial charge is 0.223 e. The first-order valence-electron chi connectivity index (χ1n) is 10.5. The lowest BCUT2D eigenvalue weighted by Crippen LogP contribution is -2.48. The highest BCUT2D eigenvalue weighted by molar-refractivity contribution is 7.13. The SMILES string of the molecule is CC(=O)Nc1nc(CCN2CCN(C(c3ccccc3)c3ccccc3)CC2)cs1.Cl.Cl.Cl. The molecule has 2 heterocycles. The molecule has 1 aliphatic rings. The number of aromatic nitrogens is 1. The second-order valence-corrected chi connectivity index (χ2v) is 8.53. The van der Waals surface area contributed by atoms with Gasteiger partial charge in [0.2, 0.25) is 5.91 Å². The number of nitrogens with one attached hydrogen (secondary N) is 1. The van der Waals surface area contributed by atoms with Crippen LogP contribution < -0.4 is 5.32 Å². The summed E-state index contributed by atoms with van der Waals surface area (Å²) in [6.07, 6.45) is 0.914. The average Bonchev–Trinajstić information content (AvgIpc) is 3.21.